The van der Waals surface area contributed by atoms with Crippen molar-refractivity contribution in [1.82, 2.24) is 20.8 Å². The molecule has 3 rings (SSSR count). The van der Waals surface area contributed by atoms with Crippen LogP contribution in [0.1, 0.15) is 11.8 Å². The Morgan fingerprint density at radius 3 is 2.96 bits per heavy atom. The molecule has 25 heavy (non-hydrogen) atoms. The molecule has 0 aliphatic heterocycles. The molecule has 0 spiro atoms. The molecular weight excluding hydrogens is 321 g/mol. The first kappa shape index (κ1) is 16.8. The zero-order valence-corrected chi connectivity index (χ0v) is 13.7. The van der Waals surface area contributed by atoms with Crippen molar-refractivity contribution in [2.75, 3.05) is 13.6 Å². The minimum atomic E-state index is -0.440. The third kappa shape index (κ3) is 4.48. The molecule has 2 aromatic heterocycles. The number of benzene rings is 1. The summed E-state index contributed by atoms with van der Waals surface area (Å²) in [6.07, 6.45) is 4.01. The first-order chi connectivity index (χ1) is 12.3. The van der Waals surface area contributed by atoms with Gasteiger partial charge >= 0.3 is 0 Å². The van der Waals surface area contributed by atoms with E-state index in [4.69, 9.17) is 4.74 Å². The first-order valence-electron chi connectivity index (χ1n) is 7.80. The van der Waals surface area contributed by atoms with E-state index in [1.54, 1.807) is 19.3 Å². The number of nitrogens with zero attached hydrogens (tertiary/aromatic N) is 3. The summed E-state index contributed by atoms with van der Waals surface area (Å²) < 4.78 is 19.2. The van der Waals surface area contributed by atoms with Gasteiger partial charge in [-0.15, -0.1) is 0 Å². The Morgan fingerprint density at radius 1 is 1.24 bits per heavy atom. The third-order valence-electron chi connectivity index (χ3n) is 3.50. The maximum absolute atomic E-state index is 13.1. The van der Waals surface area contributed by atoms with Crippen LogP contribution in [0.15, 0.2) is 59.9 Å². The van der Waals surface area contributed by atoms with E-state index in [0.717, 1.165) is 10.9 Å². The number of pyridine rings is 2. The van der Waals surface area contributed by atoms with Crippen molar-refractivity contribution in [2.24, 2.45) is 4.99 Å². The van der Waals surface area contributed by atoms with Crippen LogP contribution >= 0.6 is 0 Å². The summed E-state index contributed by atoms with van der Waals surface area (Å²) in [5.74, 6) is 0.285. The Bertz CT molecular complexity index is 853. The van der Waals surface area contributed by atoms with Crippen LogP contribution in [0.25, 0.3) is 10.9 Å². The van der Waals surface area contributed by atoms with Crippen LogP contribution in [-0.2, 0) is 0 Å². The average Bonchev–Trinajstić information content (AvgIpc) is 2.65. The second-order valence-corrected chi connectivity index (χ2v) is 5.25. The Labute approximate surface area is 144 Å². The van der Waals surface area contributed by atoms with Gasteiger partial charge in [-0.3, -0.25) is 15.0 Å². The Kier molecular flexibility index (Phi) is 5.48. The summed E-state index contributed by atoms with van der Waals surface area (Å²) in [6, 6.07) is 12.5. The largest absolute Gasteiger partial charge is 0.482 e. The van der Waals surface area contributed by atoms with E-state index >= 15 is 0 Å². The number of ether oxygens (including phenoxy) is 1. The fraction of sp³-hybridized carbons (Fsp3) is 0.167. The van der Waals surface area contributed by atoms with Crippen LogP contribution in [0.2, 0.25) is 0 Å². The van der Waals surface area contributed by atoms with Gasteiger partial charge in [0, 0.05) is 18.6 Å². The molecule has 0 bridgehead atoms. The summed E-state index contributed by atoms with van der Waals surface area (Å²) in [4.78, 5) is 12.7. The molecule has 6 nitrogen and oxygen atoms in total. The summed E-state index contributed by atoms with van der Waals surface area (Å²) in [5, 5.41) is 0.978. The number of fused-ring (bicyclic) bond motifs is 1. The summed E-state index contributed by atoms with van der Waals surface area (Å²) in [6.45, 7) is 0.332. The van der Waals surface area contributed by atoms with Gasteiger partial charge < -0.3 is 10.2 Å². The number of nitrogens with one attached hydrogen (secondary N) is 2. The highest BCUT2D eigenvalue weighted by molar-refractivity contribution is 5.79. The number of hydrogen-bond donors (Lipinski definition) is 2. The third-order valence-corrected chi connectivity index (χ3v) is 3.50. The van der Waals surface area contributed by atoms with Gasteiger partial charge in [0.05, 0.1) is 30.3 Å². The van der Waals surface area contributed by atoms with Gasteiger partial charge in [-0.1, -0.05) is 6.07 Å². The van der Waals surface area contributed by atoms with Gasteiger partial charge in [0.25, 0.3) is 0 Å². The smallest absolute Gasteiger partial charge is 0.160 e. The second-order valence-electron chi connectivity index (χ2n) is 5.25. The van der Waals surface area contributed by atoms with Gasteiger partial charge in [-0.25, -0.2) is 9.82 Å². The first-order valence-corrected chi connectivity index (χ1v) is 7.80. The quantitative estimate of drug-likeness (QED) is 0.393. The van der Waals surface area contributed by atoms with Crippen molar-refractivity contribution in [2.45, 2.75) is 6.10 Å². The number of hydrogen-bond acceptors (Lipinski definition) is 5. The van der Waals surface area contributed by atoms with Crippen molar-refractivity contribution in [3.63, 3.8) is 0 Å². The Hall–Kier alpha value is -3.06. The van der Waals surface area contributed by atoms with E-state index in [1.165, 1.54) is 18.6 Å². The number of rotatable bonds is 7. The van der Waals surface area contributed by atoms with Gasteiger partial charge in [-0.2, -0.15) is 0 Å². The van der Waals surface area contributed by atoms with E-state index in [9.17, 15) is 4.39 Å². The molecule has 1 atom stereocenters. The van der Waals surface area contributed by atoms with Crippen LogP contribution in [0.4, 0.5) is 4.39 Å². The lowest BCUT2D eigenvalue weighted by atomic mass is 10.2. The maximum Gasteiger partial charge on any atom is 0.160 e. The molecule has 0 saturated heterocycles. The van der Waals surface area contributed by atoms with E-state index in [2.05, 4.69) is 25.8 Å². The van der Waals surface area contributed by atoms with Crippen LogP contribution in [0.3, 0.4) is 0 Å². The van der Waals surface area contributed by atoms with Gasteiger partial charge in [0.15, 0.2) is 6.10 Å². The molecular formula is C18H18FN5O. The predicted molar refractivity (Wildman–Crippen MR) is 94.9 cm³/mol. The van der Waals surface area contributed by atoms with Crippen molar-refractivity contribution in [3.05, 3.63) is 66.4 Å². The van der Waals surface area contributed by atoms with Gasteiger partial charge in [0.1, 0.15) is 11.6 Å². The molecule has 0 amide bonds. The lowest BCUT2D eigenvalue weighted by molar-refractivity contribution is 0.210. The average molecular weight is 339 g/mol. The van der Waals surface area contributed by atoms with Crippen LogP contribution in [-0.4, -0.2) is 29.9 Å². The highest BCUT2D eigenvalue weighted by Gasteiger charge is 2.15. The maximum atomic E-state index is 13.1. The minimum absolute atomic E-state index is 0.332. The minimum Gasteiger partial charge on any atom is -0.482 e. The molecule has 128 valence electrons. The summed E-state index contributed by atoms with van der Waals surface area (Å²) in [5.41, 5.74) is 7.01. The normalized spacial score (nSPS) is 12.4. The van der Waals surface area contributed by atoms with Crippen molar-refractivity contribution in [3.8, 4) is 5.75 Å². The monoisotopic (exact) mass is 339 g/mol. The Morgan fingerprint density at radius 2 is 2.16 bits per heavy atom. The standard InChI is InChI=1S/C18H18FN5O/c1-20-24-12-21-11-18(17-6-4-14(19)10-23-17)25-15-5-7-16-13(9-15)3-2-8-22-16/h2-10,12,18,20H,11H2,1H3,(H,21,24). The summed E-state index contributed by atoms with van der Waals surface area (Å²) >= 11 is 0. The molecule has 3 aromatic rings. The van der Waals surface area contributed by atoms with E-state index in [1.807, 2.05) is 30.3 Å². The molecule has 0 saturated carbocycles. The van der Waals surface area contributed by atoms with Crippen LogP contribution in [0.5, 0.6) is 5.75 Å². The lowest BCUT2D eigenvalue weighted by Crippen LogP contribution is -2.26. The Balaban J connectivity index is 1.83. The predicted octanol–water partition coefficient (Wildman–Crippen LogP) is 2.64. The topological polar surface area (TPSA) is 71.4 Å². The molecule has 0 fully saturated rings. The number of hydrazine groups is 1. The molecule has 2 heterocycles. The van der Waals surface area contributed by atoms with Crippen molar-refractivity contribution < 1.29 is 9.13 Å². The van der Waals surface area contributed by atoms with E-state index in [0.29, 0.717) is 18.0 Å². The zero-order chi connectivity index (χ0) is 17.5. The SMILES string of the molecule is CNNC=NCC(Oc1ccc2ncccc2c1)c1ccc(F)cn1. The number of aliphatic imine (C=N–C) groups is 1. The number of aromatic nitrogens is 2. The van der Waals surface area contributed by atoms with E-state index in [-0.39, 0.29) is 5.82 Å². The van der Waals surface area contributed by atoms with Gasteiger partial charge in [-0.05, 0) is 36.4 Å². The molecule has 0 aliphatic rings. The fourth-order valence-corrected chi connectivity index (χ4v) is 2.32. The van der Waals surface area contributed by atoms with Gasteiger partial charge in [0.2, 0.25) is 0 Å². The zero-order valence-electron chi connectivity index (χ0n) is 13.7. The highest BCUT2D eigenvalue weighted by atomic mass is 19.1. The van der Waals surface area contributed by atoms with Crippen molar-refractivity contribution >= 4 is 17.2 Å². The van der Waals surface area contributed by atoms with Crippen LogP contribution in [0, 0.1) is 5.82 Å². The highest BCUT2D eigenvalue weighted by Crippen LogP contribution is 2.24. The second kappa shape index (κ2) is 8.16. The fourth-order valence-electron chi connectivity index (χ4n) is 2.32. The molecule has 1 unspecified atom stereocenters. The molecule has 7 heteroatoms. The molecule has 0 aliphatic carbocycles. The van der Waals surface area contributed by atoms with Crippen molar-refractivity contribution in [1.29, 1.82) is 0 Å². The number of halogens is 1. The molecule has 0 radical (unpaired) electrons. The summed E-state index contributed by atoms with van der Waals surface area (Å²) in [7, 11) is 1.74. The molecule has 2 N–H and O–H groups in total. The molecule has 1 aromatic carbocycles. The van der Waals surface area contributed by atoms with E-state index < -0.39 is 6.10 Å². The lowest BCUT2D eigenvalue weighted by Gasteiger charge is -2.17. The van der Waals surface area contributed by atoms with Crippen LogP contribution < -0.4 is 15.6 Å².